The molecule has 0 aliphatic heterocycles. The van der Waals surface area contributed by atoms with E-state index in [-0.39, 0.29) is 5.82 Å². The number of benzene rings is 1. The van der Waals surface area contributed by atoms with Crippen LogP contribution in [-0.2, 0) is 5.88 Å². The summed E-state index contributed by atoms with van der Waals surface area (Å²) in [5.74, 6) is 0.203. The van der Waals surface area contributed by atoms with Crippen LogP contribution in [0.2, 0.25) is 0 Å². The molecule has 0 spiro atoms. The summed E-state index contributed by atoms with van der Waals surface area (Å²) < 4.78 is 12.9. The van der Waals surface area contributed by atoms with Crippen molar-refractivity contribution in [3.05, 3.63) is 34.6 Å². The molecule has 0 unspecified atom stereocenters. The lowest BCUT2D eigenvalue weighted by molar-refractivity contribution is 0.616. The summed E-state index contributed by atoms with van der Waals surface area (Å²) in [6.45, 7) is 3.69. The second-order valence-electron chi connectivity index (χ2n) is 2.66. The Morgan fingerprint density at radius 1 is 1.27 bits per heavy atom. The van der Waals surface area contributed by atoms with Crippen molar-refractivity contribution >= 4 is 11.6 Å². The Morgan fingerprint density at radius 3 is 2.45 bits per heavy atom. The second-order valence-corrected chi connectivity index (χ2v) is 2.93. The number of hydrogen-bond acceptors (Lipinski definition) is 0. The van der Waals surface area contributed by atoms with Crippen molar-refractivity contribution in [2.24, 2.45) is 0 Å². The van der Waals surface area contributed by atoms with Gasteiger partial charge in [-0.1, -0.05) is 6.07 Å². The zero-order valence-electron chi connectivity index (χ0n) is 6.62. The van der Waals surface area contributed by atoms with Gasteiger partial charge in [-0.05, 0) is 36.6 Å². The van der Waals surface area contributed by atoms with E-state index in [2.05, 4.69) is 0 Å². The fourth-order valence-corrected chi connectivity index (χ4v) is 1.30. The van der Waals surface area contributed by atoms with Crippen molar-refractivity contribution in [3.8, 4) is 0 Å². The van der Waals surface area contributed by atoms with Crippen molar-refractivity contribution in [1.29, 1.82) is 0 Å². The Hall–Kier alpha value is -0.560. The molecule has 0 nitrogen and oxygen atoms in total. The summed E-state index contributed by atoms with van der Waals surface area (Å²) in [5.41, 5.74) is 2.60. The van der Waals surface area contributed by atoms with Crippen molar-refractivity contribution in [2.75, 3.05) is 0 Å². The number of alkyl halides is 1. The monoisotopic (exact) mass is 172 g/mol. The molecule has 0 saturated heterocycles. The minimum atomic E-state index is -0.175. The van der Waals surface area contributed by atoms with Gasteiger partial charge in [0, 0.05) is 5.88 Å². The van der Waals surface area contributed by atoms with Crippen LogP contribution in [0.5, 0.6) is 0 Å². The highest BCUT2D eigenvalue weighted by Crippen LogP contribution is 2.15. The first-order valence-corrected chi connectivity index (χ1v) is 4.00. The van der Waals surface area contributed by atoms with Gasteiger partial charge in [-0.15, -0.1) is 11.6 Å². The highest BCUT2D eigenvalue weighted by atomic mass is 35.5. The molecular formula is C9H10ClF. The molecule has 11 heavy (non-hydrogen) atoms. The Balaban J connectivity index is 3.21. The zero-order chi connectivity index (χ0) is 8.43. The molecule has 0 aliphatic carbocycles. The summed E-state index contributed by atoms with van der Waals surface area (Å²) in [7, 11) is 0. The van der Waals surface area contributed by atoms with Gasteiger partial charge in [0.2, 0.25) is 0 Å². The van der Waals surface area contributed by atoms with Crippen molar-refractivity contribution < 1.29 is 4.39 Å². The van der Waals surface area contributed by atoms with Crippen LogP contribution in [0.15, 0.2) is 12.1 Å². The molecule has 1 aromatic rings. The Kier molecular flexibility index (Phi) is 2.50. The fourth-order valence-electron chi connectivity index (χ4n) is 1.01. The average molecular weight is 173 g/mol. The lowest BCUT2D eigenvalue weighted by Gasteiger charge is -2.03. The maximum absolute atomic E-state index is 12.9. The highest BCUT2D eigenvalue weighted by Gasteiger charge is 2.01. The Labute approximate surface area is 71.0 Å². The van der Waals surface area contributed by atoms with Gasteiger partial charge in [0.05, 0.1) is 0 Å². The predicted molar refractivity (Wildman–Crippen MR) is 45.4 cm³/mol. The fraction of sp³-hybridized carbons (Fsp3) is 0.333. The van der Waals surface area contributed by atoms with E-state index in [1.54, 1.807) is 6.92 Å². The van der Waals surface area contributed by atoms with E-state index in [1.165, 1.54) is 6.07 Å². The first-order valence-electron chi connectivity index (χ1n) is 3.46. The van der Waals surface area contributed by atoms with Gasteiger partial charge in [0.25, 0.3) is 0 Å². The van der Waals surface area contributed by atoms with Crippen LogP contribution in [0.4, 0.5) is 4.39 Å². The van der Waals surface area contributed by atoms with E-state index >= 15 is 0 Å². The SMILES string of the molecule is Cc1cc(C)c(CCl)cc1F. The van der Waals surface area contributed by atoms with E-state index in [0.29, 0.717) is 11.4 Å². The van der Waals surface area contributed by atoms with Crippen LogP contribution in [-0.4, -0.2) is 0 Å². The van der Waals surface area contributed by atoms with Gasteiger partial charge in [-0.2, -0.15) is 0 Å². The second kappa shape index (κ2) is 3.22. The topological polar surface area (TPSA) is 0 Å². The van der Waals surface area contributed by atoms with E-state index in [1.807, 2.05) is 13.0 Å². The first-order chi connectivity index (χ1) is 5.15. The van der Waals surface area contributed by atoms with E-state index in [0.717, 1.165) is 11.1 Å². The Morgan fingerprint density at radius 2 is 1.91 bits per heavy atom. The normalized spacial score (nSPS) is 10.2. The van der Waals surface area contributed by atoms with Crippen LogP contribution in [0.3, 0.4) is 0 Å². The smallest absolute Gasteiger partial charge is 0.126 e. The van der Waals surface area contributed by atoms with Crippen molar-refractivity contribution in [2.45, 2.75) is 19.7 Å². The molecule has 1 rings (SSSR count). The third-order valence-electron chi connectivity index (χ3n) is 1.76. The lowest BCUT2D eigenvalue weighted by atomic mass is 10.1. The van der Waals surface area contributed by atoms with Crippen LogP contribution >= 0.6 is 11.6 Å². The van der Waals surface area contributed by atoms with Crippen LogP contribution in [0, 0.1) is 19.7 Å². The predicted octanol–water partition coefficient (Wildman–Crippen LogP) is 3.18. The molecule has 0 atom stereocenters. The molecular weight excluding hydrogens is 163 g/mol. The number of halogens is 2. The number of rotatable bonds is 1. The largest absolute Gasteiger partial charge is 0.207 e. The summed E-state index contributed by atoms with van der Waals surface area (Å²) in [4.78, 5) is 0. The van der Waals surface area contributed by atoms with Crippen molar-refractivity contribution in [3.63, 3.8) is 0 Å². The number of aryl methyl sites for hydroxylation is 2. The van der Waals surface area contributed by atoms with Crippen LogP contribution in [0.1, 0.15) is 16.7 Å². The van der Waals surface area contributed by atoms with Gasteiger partial charge in [-0.3, -0.25) is 0 Å². The van der Waals surface area contributed by atoms with Gasteiger partial charge in [-0.25, -0.2) is 4.39 Å². The van der Waals surface area contributed by atoms with Crippen LogP contribution in [0.25, 0.3) is 0 Å². The highest BCUT2D eigenvalue weighted by molar-refractivity contribution is 6.17. The number of hydrogen-bond donors (Lipinski definition) is 0. The molecule has 0 amide bonds. The quantitative estimate of drug-likeness (QED) is 0.571. The third kappa shape index (κ3) is 1.72. The van der Waals surface area contributed by atoms with Gasteiger partial charge in [0.1, 0.15) is 5.82 Å². The van der Waals surface area contributed by atoms with E-state index < -0.39 is 0 Å². The summed E-state index contributed by atoms with van der Waals surface area (Å²) in [5, 5.41) is 0. The van der Waals surface area contributed by atoms with E-state index in [4.69, 9.17) is 11.6 Å². The minimum Gasteiger partial charge on any atom is -0.207 e. The molecule has 0 aromatic heterocycles. The standard InChI is InChI=1S/C9H10ClF/c1-6-3-7(2)9(11)4-8(6)5-10/h3-4H,5H2,1-2H3. The third-order valence-corrected chi connectivity index (χ3v) is 2.05. The van der Waals surface area contributed by atoms with Gasteiger partial charge in [0.15, 0.2) is 0 Å². The lowest BCUT2D eigenvalue weighted by Crippen LogP contribution is -1.90. The summed E-state index contributed by atoms with van der Waals surface area (Å²) in [6, 6.07) is 3.31. The molecule has 0 saturated carbocycles. The van der Waals surface area contributed by atoms with Gasteiger partial charge >= 0.3 is 0 Å². The summed E-state index contributed by atoms with van der Waals surface area (Å²) >= 11 is 5.59. The molecule has 0 heterocycles. The molecule has 0 aliphatic rings. The average Bonchev–Trinajstić information content (AvgIpc) is 1.97. The van der Waals surface area contributed by atoms with Gasteiger partial charge < -0.3 is 0 Å². The summed E-state index contributed by atoms with van der Waals surface area (Å²) in [6.07, 6.45) is 0. The molecule has 0 N–H and O–H groups in total. The Bertz CT molecular complexity index is 269. The molecule has 0 radical (unpaired) electrons. The van der Waals surface area contributed by atoms with E-state index in [9.17, 15) is 4.39 Å². The molecule has 2 heteroatoms. The van der Waals surface area contributed by atoms with Crippen molar-refractivity contribution in [1.82, 2.24) is 0 Å². The molecule has 1 aromatic carbocycles. The minimum absolute atomic E-state index is 0.175. The maximum Gasteiger partial charge on any atom is 0.126 e. The zero-order valence-corrected chi connectivity index (χ0v) is 7.37. The van der Waals surface area contributed by atoms with Crippen LogP contribution < -0.4 is 0 Å². The molecule has 60 valence electrons. The molecule has 0 bridgehead atoms. The maximum atomic E-state index is 12.9. The first kappa shape index (κ1) is 8.54. The molecule has 0 fully saturated rings.